The van der Waals surface area contributed by atoms with Crippen molar-refractivity contribution in [2.75, 3.05) is 13.7 Å². The summed E-state index contributed by atoms with van der Waals surface area (Å²) >= 11 is 12.6. The summed E-state index contributed by atoms with van der Waals surface area (Å²) < 4.78 is 30.3. The molecule has 0 aromatic heterocycles. The summed E-state index contributed by atoms with van der Waals surface area (Å²) in [7, 11) is 1.65. The molecule has 164 valence electrons. The van der Waals surface area contributed by atoms with Gasteiger partial charge in [-0.25, -0.2) is 4.39 Å². The van der Waals surface area contributed by atoms with Crippen LogP contribution in [0.1, 0.15) is 23.6 Å². The van der Waals surface area contributed by atoms with Gasteiger partial charge in [0.05, 0.1) is 18.7 Å². The molecule has 3 rings (SSSR count). The van der Waals surface area contributed by atoms with E-state index in [0.717, 1.165) is 16.9 Å². The molecule has 0 aliphatic heterocycles. The molecule has 7 heteroatoms. The lowest BCUT2D eigenvalue weighted by Crippen LogP contribution is -2.14. The van der Waals surface area contributed by atoms with E-state index in [9.17, 15) is 4.39 Å². The fourth-order valence-electron chi connectivity index (χ4n) is 3.07. The molecule has 0 atom stereocenters. The van der Waals surface area contributed by atoms with Gasteiger partial charge < -0.3 is 19.5 Å². The lowest BCUT2D eigenvalue weighted by atomic mass is 10.1. The number of benzene rings is 3. The van der Waals surface area contributed by atoms with E-state index >= 15 is 0 Å². The van der Waals surface area contributed by atoms with Crippen LogP contribution in [0.4, 0.5) is 4.39 Å². The normalized spacial score (nSPS) is 10.7. The first-order valence-corrected chi connectivity index (χ1v) is 10.6. The number of ether oxygens (including phenoxy) is 3. The number of nitrogens with one attached hydrogen (secondary N) is 1. The van der Waals surface area contributed by atoms with E-state index in [1.165, 1.54) is 12.1 Å². The molecular weight excluding hydrogens is 440 g/mol. The maximum atomic E-state index is 13.2. The molecule has 0 aliphatic rings. The van der Waals surface area contributed by atoms with Gasteiger partial charge in [-0.3, -0.25) is 0 Å². The van der Waals surface area contributed by atoms with Gasteiger partial charge in [0.15, 0.2) is 11.5 Å². The van der Waals surface area contributed by atoms with Crippen LogP contribution in [0.15, 0.2) is 54.6 Å². The zero-order valence-electron chi connectivity index (χ0n) is 17.4. The van der Waals surface area contributed by atoms with Gasteiger partial charge in [0.25, 0.3) is 0 Å². The zero-order chi connectivity index (χ0) is 22.2. The predicted molar refractivity (Wildman–Crippen MR) is 122 cm³/mol. The summed E-state index contributed by atoms with van der Waals surface area (Å²) in [5.41, 5.74) is 2.61. The maximum Gasteiger partial charge on any atom is 0.163 e. The summed E-state index contributed by atoms with van der Waals surface area (Å²) in [5, 5.41) is 4.24. The molecule has 1 N–H and O–H groups in total. The molecule has 4 nitrogen and oxygen atoms in total. The Morgan fingerprint density at radius 1 is 0.806 bits per heavy atom. The van der Waals surface area contributed by atoms with E-state index in [-0.39, 0.29) is 6.61 Å². The van der Waals surface area contributed by atoms with Crippen LogP contribution in [0.2, 0.25) is 10.0 Å². The first kappa shape index (κ1) is 23.2. The second-order valence-electron chi connectivity index (χ2n) is 6.76. The smallest absolute Gasteiger partial charge is 0.163 e. The van der Waals surface area contributed by atoms with Crippen molar-refractivity contribution >= 4 is 23.2 Å². The second-order valence-corrected chi connectivity index (χ2v) is 7.58. The molecule has 3 aromatic rings. The van der Waals surface area contributed by atoms with Gasteiger partial charge in [-0.15, -0.1) is 0 Å². The molecule has 0 aliphatic carbocycles. The minimum absolute atomic E-state index is 0.168. The van der Waals surface area contributed by atoms with Crippen LogP contribution in [0.5, 0.6) is 17.2 Å². The Morgan fingerprint density at radius 2 is 1.52 bits per heavy atom. The molecule has 0 saturated heterocycles. The number of methoxy groups -OCH3 is 1. The van der Waals surface area contributed by atoms with Crippen molar-refractivity contribution in [1.29, 1.82) is 0 Å². The zero-order valence-corrected chi connectivity index (χ0v) is 18.9. The standard InChI is InChI=1S/C24H24Cl2FNO3/c1-3-30-23-10-18(14-28-13-16-6-4-5-7-22(16)29-2)21(26)12-24(23)31-15-17-8-9-19(27)11-20(17)25/h4-12,28H,3,13-15H2,1-2H3. The first-order chi connectivity index (χ1) is 15.0. The number of hydrogen-bond acceptors (Lipinski definition) is 4. The number of hydrogen-bond donors (Lipinski definition) is 1. The fraction of sp³-hybridized carbons (Fsp3) is 0.250. The molecule has 0 spiro atoms. The first-order valence-electron chi connectivity index (χ1n) is 9.86. The molecule has 0 bridgehead atoms. The van der Waals surface area contributed by atoms with Gasteiger partial charge >= 0.3 is 0 Å². The van der Waals surface area contributed by atoms with Gasteiger partial charge in [0, 0.05) is 35.3 Å². The van der Waals surface area contributed by atoms with Crippen LogP contribution >= 0.6 is 23.2 Å². The van der Waals surface area contributed by atoms with Crippen molar-refractivity contribution in [2.45, 2.75) is 26.6 Å². The topological polar surface area (TPSA) is 39.7 Å². The van der Waals surface area contributed by atoms with Crippen LogP contribution in [0, 0.1) is 5.82 Å². The largest absolute Gasteiger partial charge is 0.496 e. The van der Waals surface area contributed by atoms with Gasteiger partial charge in [-0.1, -0.05) is 47.5 Å². The molecular formula is C24H24Cl2FNO3. The summed E-state index contributed by atoms with van der Waals surface area (Å²) in [4.78, 5) is 0. The molecule has 0 saturated carbocycles. The van der Waals surface area contributed by atoms with E-state index in [1.807, 2.05) is 37.3 Å². The molecule has 0 unspecified atom stereocenters. The van der Waals surface area contributed by atoms with E-state index in [0.29, 0.717) is 46.8 Å². The highest BCUT2D eigenvalue weighted by Crippen LogP contribution is 2.35. The van der Waals surface area contributed by atoms with Gasteiger partial charge in [-0.2, -0.15) is 0 Å². The van der Waals surface area contributed by atoms with Crippen molar-refractivity contribution in [2.24, 2.45) is 0 Å². The average molecular weight is 464 g/mol. The quantitative estimate of drug-likeness (QED) is 0.377. The minimum Gasteiger partial charge on any atom is -0.496 e. The van der Waals surface area contributed by atoms with E-state index < -0.39 is 5.82 Å². The van der Waals surface area contributed by atoms with Crippen molar-refractivity contribution in [3.05, 3.63) is 87.2 Å². The molecule has 0 radical (unpaired) electrons. The maximum absolute atomic E-state index is 13.2. The predicted octanol–water partition coefficient (Wildman–Crippen LogP) is 6.41. The van der Waals surface area contributed by atoms with Gasteiger partial charge in [0.1, 0.15) is 18.2 Å². The third-order valence-corrected chi connectivity index (χ3v) is 5.34. The monoisotopic (exact) mass is 463 g/mol. The summed E-state index contributed by atoms with van der Waals surface area (Å²) in [6.45, 7) is 3.71. The summed E-state index contributed by atoms with van der Waals surface area (Å²) in [6.07, 6.45) is 0. The summed E-state index contributed by atoms with van der Waals surface area (Å²) in [5.74, 6) is 1.52. The highest BCUT2D eigenvalue weighted by atomic mass is 35.5. The van der Waals surface area contributed by atoms with Crippen molar-refractivity contribution in [3.8, 4) is 17.2 Å². The SMILES string of the molecule is CCOc1cc(CNCc2ccccc2OC)c(Cl)cc1OCc1ccc(F)cc1Cl. The van der Waals surface area contributed by atoms with Crippen molar-refractivity contribution in [1.82, 2.24) is 5.32 Å². The molecule has 0 fully saturated rings. The Hall–Kier alpha value is -2.47. The van der Waals surface area contributed by atoms with Crippen LogP contribution in [0.3, 0.4) is 0 Å². The van der Waals surface area contributed by atoms with Crippen LogP contribution in [-0.4, -0.2) is 13.7 Å². The van der Waals surface area contributed by atoms with E-state index in [2.05, 4.69) is 5.32 Å². The number of para-hydroxylation sites is 1. The molecule has 31 heavy (non-hydrogen) atoms. The van der Waals surface area contributed by atoms with Crippen molar-refractivity contribution in [3.63, 3.8) is 0 Å². The highest BCUT2D eigenvalue weighted by molar-refractivity contribution is 6.31. The van der Waals surface area contributed by atoms with Gasteiger partial charge in [-0.05, 0) is 36.8 Å². The average Bonchev–Trinajstić information content (AvgIpc) is 2.76. The summed E-state index contributed by atoms with van der Waals surface area (Å²) in [6, 6.07) is 15.6. The highest BCUT2D eigenvalue weighted by Gasteiger charge is 2.13. The third kappa shape index (κ3) is 6.26. The number of halogens is 3. The van der Waals surface area contributed by atoms with Crippen molar-refractivity contribution < 1.29 is 18.6 Å². The Bertz CT molecular complexity index is 1030. The Morgan fingerprint density at radius 3 is 2.26 bits per heavy atom. The Balaban J connectivity index is 1.70. The lowest BCUT2D eigenvalue weighted by molar-refractivity contribution is 0.269. The number of rotatable bonds is 10. The Kier molecular flexibility index (Phi) is 8.41. The van der Waals surface area contributed by atoms with E-state index in [4.69, 9.17) is 37.4 Å². The molecule has 3 aromatic carbocycles. The molecule has 0 amide bonds. The van der Waals surface area contributed by atoms with Crippen LogP contribution in [0.25, 0.3) is 0 Å². The minimum atomic E-state index is -0.392. The fourth-order valence-corrected chi connectivity index (χ4v) is 3.51. The lowest BCUT2D eigenvalue weighted by Gasteiger charge is -2.16. The second kappa shape index (κ2) is 11.2. The van der Waals surface area contributed by atoms with Crippen LogP contribution < -0.4 is 19.5 Å². The third-order valence-electron chi connectivity index (χ3n) is 4.63. The Labute approximate surface area is 191 Å². The van der Waals surface area contributed by atoms with Crippen LogP contribution in [-0.2, 0) is 19.7 Å². The molecule has 0 heterocycles. The van der Waals surface area contributed by atoms with Gasteiger partial charge in [0.2, 0.25) is 0 Å². The van der Waals surface area contributed by atoms with E-state index in [1.54, 1.807) is 19.2 Å².